The summed E-state index contributed by atoms with van der Waals surface area (Å²) in [5, 5.41) is 0. The lowest BCUT2D eigenvalue weighted by atomic mass is 10.1. The van der Waals surface area contributed by atoms with Gasteiger partial charge in [0.25, 0.3) is 5.91 Å². The van der Waals surface area contributed by atoms with Crippen molar-refractivity contribution in [1.82, 2.24) is 4.90 Å². The zero-order valence-corrected chi connectivity index (χ0v) is 11.5. The van der Waals surface area contributed by atoms with Gasteiger partial charge in [-0.15, -0.1) is 0 Å². The lowest BCUT2D eigenvalue weighted by molar-refractivity contribution is -0.138. The zero-order chi connectivity index (χ0) is 14.2. The van der Waals surface area contributed by atoms with Crippen molar-refractivity contribution < 1.29 is 18.0 Å². The van der Waals surface area contributed by atoms with Gasteiger partial charge >= 0.3 is 6.18 Å². The topological polar surface area (TPSA) is 46.3 Å². The summed E-state index contributed by atoms with van der Waals surface area (Å²) in [6, 6.07) is 3.40. The van der Waals surface area contributed by atoms with Crippen molar-refractivity contribution in [2.45, 2.75) is 18.6 Å². The van der Waals surface area contributed by atoms with E-state index in [0.717, 1.165) is 6.07 Å². The van der Waals surface area contributed by atoms with E-state index in [1.165, 1.54) is 17.0 Å². The summed E-state index contributed by atoms with van der Waals surface area (Å²) < 4.78 is 38.2. The van der Waals surface area contributed by atoms with Crippen LogP contribution in [0.15, 0.2) is 22.7 Å². The van der Waals surface area contributed by atoms with Crippen molar-refractivity contribution in [3.05, 3.63) is 33.8 Å². The zero-order valence-electron chi connectivity index (χ0n) is 9.88. The predicted octanol–water partition coefficient (Wildman–Crippen LogP) is 2.64. The van der Waals surface area contributed by atoms with Gasteiger partial charge < -0.3 is 10.6 Å². The van der Waals surface area contributed by atoms with Crippen LogP contribution in [-0.2, 0) is 6.18 Å². The van der Waals surface area contributed by atoms with Crippen LogP contribution in [-0.4, -0.2) is 29.9 Å². The van der Waals surface area contributed by atoms with Crippen LogP contribution < -0.4 is 5.73 Å². The SMILES string of the molecule is NC1CCN(C(=O)c2ccc(Br)c(C(F)(F)F)c2)C1. The predicted molar refractivity (Wildman–Crippen MR) is 67.6 cm³/mol. The quantitative estimate of drug-likeness (QED) is 0.856. The molecule has 1 heterocycles. The number of hydrogen-bond acceptors (Lipinski definition) is 2. The first-order valence-electron chi connectivity index (χ1n) is 5.70. The lowest BCUT2D eigenvalue weighted by Gasteiger charge is -2.17. The molecule has 0 spiro atoms. The Morgan fingerprint density at radius 2 is 2.11 bits per heavy atom. The molecule has 1 saturated heterocycles. The van der Waals surface area contributed by atoms with Gasteiger partial charge in [-0.25, -0.2) is 0 Å². The van der Waals surface area contributed by atoms with E-state index in [4.69, 9.17) is 5.73 Å². The molecule has 1 aromatic carbocycles. The molecule has 19 heavy (non-hydrogen) atoms. The molecule has 2 N–H and O–H groups in total. The summed E-state index contributed by atoms with van der Waals surface area (Å²) >= 11 is 2.84. The van der Waals surface area contributed by atoms with Crippen LogP contribution in [0, 0.1) is 0 Å². The van der Waals surface area contributed by atoms with Gasteiger partial charge in [0, 0.05) is 29.2 Å². The number of nitrogens with zero attached hydrogens (tertiary/aromatic N) is 1. The number of halogens is 4. The van der Waals surface area contributed by atoms with Crippen molar-refractivity contribution in [3.63, 3.8) is 0 Å². The Labute approximate surface area is 116 Å². The molecule has 1 amide bonds. The molecule has 0 saturated carbocycles. The van der Waals surface area contributed by atoms with E-state index in [0.29, 0.717) is 19.5 Å². The Morgan fingerprint density at radius 1 is 1.42 bits per heavy atom. The van der Waals surface area contributed by atoms with Crippen LogP contribution in [0.2, 0.25) is 0 Å². The molecule has 0 aromatic heterocycles. The summed E-state index contributed by atoms with van der Waals surface area (Å²) in [4.78, 5) is 13.6. The third-order valence-electron chi connectivity index (χ3n) is 3.03. The Bertz CT molecular complexity index is 504. The molecule has 7 heteroatoms. The van der Waals surface area contributed by atoms with E-state index in [1.54, 1.807) is 0 Å². The molecule has 1 aliphatic rings. The first kappa shape index (κ1) is 14.3. The molecule has 1 aromatic rings. The first-order chi connectivity index (χ1) is 8.79. The van der Waals surface area contributed by atoms with E-state index >= 15 is 0 Å². The van der Waals surface area contributed by atoms with Crippen molar-refractivity contribution in [1.29, 1.82) is 0 Å². The Balaban J connectivity index is 2.28. The van der Waals surface area contributed by atoms with Gasteiger partial charge in [-0.3, -0.25) is 4.79 Å². The number of alkyl halides is 3. The van der Waals surface area contributed by atoms with E-state index < -0.39 is 17.6 Å². The Morgan fingerprint density at radius 3 is 2.63 bits per heavy atom. The summed E-state index contributed by atoms with van der Waals surface area (Å²) in [6.45, 7) is 0.869. The number of carbonyl (C=O) groups is 1. The van der Waals surface area contributed by atoms with Gasteiger partial charge in [0.2, 0.25) is 0 Å². The van der Waals surface area contributed by atoms with Crippen molar-refractivity contribution >= 4 is 21.8 Å². The average Bonchev–Trinajstić information content (AvgIpc) is 2.74. The highest BCUT2D eigenvalue weighted by atomic mass is 79.9. The minimum atomic E-state index is -4.49. The molecule has 1 aliphatic heterocycles. The fraction of sp³-hybridized carbons (Fsp3) is 0.417. The van der Waals surface area contributed by atoms with Gasteiger partial charge in [-0.05, 0) is 24.6 Å². The summed E-state index contributed by atoms with van der Waals surface area (Å²) in [5.41, 5.74) is 4.87. The highest BCUT2D eigenvalue weighted by Gasteiger charge is 2.34. The number of rotatable bonds is 1. The average molecular weight is 337 g/mol. The number of carbonyl (C=O) groups excluding carboxylic acids is 1. The van der Waals surface area contributed by atoms with Crippen LogP contribution in [0.1, 0.15) is 22.3 Å². The van der Waals surface area contributed by atoms with Crippen molar-refractivity contribution in [3.8, 4) is 0 Å². The smallest absolute Gasteiger partial charge is 0.337 e. The second-order valence-corrected chi connectivity index (χ2v) is 5.35. The van der Waals surface area contributed by atoms with Crippen LogP contribution in [0.25, 0.3) is 0 Å². The van der Waals surface area contributed by atoms with E-state index in [2.05, 4.69) is 15.9 Å². The van der Waals surface area contributed by atoms with Gasteiger partial charge in [-0.2, -0.15) is 13.2 Å². The summed E-state index contributed by atoms with van der Waals surface area (Å²) in [6.07, 6.45) is -3.81. The minimum absolute atomic E-state index is 0.0321. The molecule has 1 unspecified atom stereocenters. The molecule has 3 nitrogen and oxygen atoms in total. The summed E-state index contributed by atoms with van der Waals surface area (Å²) in [7, 11) is 0. The second-order valence-electron chi connectivity index (χ2n) is 4.49. The molecule has 2 rings (SSSR count). The van der Waals surface area contributed by atoms with E-state index in [1.807, 2.05) is 0 Å². The number of amides is 1. The molecular weight excluding hydrogens is 325 g/mol. The second kappa shape index (κ2) is 5.13. The number of likely N-dealkylation sites (tertiary alicyclic amines) is 1. The number of hydrogen-bond donors (Lipinski definition) is 1. The summed E-state index contributed by atoms with van der Waals surface area (Å²) in [5.74, 6) is -0.411. The molecule has 1 atom stereocenters. The Hall–Kier alpha value is -1.08. The molecule has 0 radical (unpaired) electrons. The maximum atomic E-state index is 12.8. The fourth-order valence-corrected chi connectivity index (χ4v) is 2.50. The minimum Gasteiger partial charge on any atom is -0.337 e. The van der Waals surface area contributed by atoms with Gasteiger partial charge in [0.05, 0.1) is 5.56 Å². The fourth-order valence-electron chi connectivity index (χ4n) is 2.03. The van der Waals surface area contributed by atoms with Crippen LogP contribution in [0.3, 0.4) is 0 Å². The third-order valence-corrected chi connectivity index (χ3v) is 3.72. The highest BCUT2D eigenvalue weighted by Crippen LogP contribution is 2.35. The Kier molecular flexibility index (Phi) is 3.87. The molecule has 104 valence electrons. The van der Waals surface area contributed by atoms with Crippen LogP contribution in [0.4, 0.5) is 13.2 Å². The van der Waals surface area contributed by atoms with Crippen molar-refractivity contribution in [2.24, 2.45) is 5.73 Å². The van der Waals surface area contributed by atoms with Gasteiger partial charge in [0.15, 0.2) is 0 Å². The normalized spacial score (nSPS) is 19.8. The molecule has 0 aliphatic carbocycles. The maximum absolute atomic E-state index is 12.8. The molecular formula is C12H12BrF3N2O. The lowest BCUT2D eigenvalue weighted by Crippen LogP contribution is -2.32. The van der Waals surface area contributed by atoms with E-state index in [-0.39, 0.29) is 16.1 Å². The van der Waals surface area contributed by atoms with E-state index in [9.17, 15) is 18.0 Å². The van der Waals surface area contributed by atoms with Gasteiger partial charge in [-0.1, -0.05) is 15.9 Å². The third kappa shape index (κ3) is 3.09. The van der Waals surface area contributed by atoms with Crippen LogP contribution >= 0.6 is 15.9 Å². The van der Waals surface area contributed by atoms with Crippen LogP contribution in [0.5, 0.6) is 0 Å². The molecule has 1 fully saturated rings. The standard InChI is InChI=1S/C12H12BrF3N2O/c13-10-2-1-7(5-9(10)12(14,15)16)11(19)18-4-3-8(17)6-18/h1-2,5,8H,3-4,6,17H2. The molecule has 0 bridgehead atoms. The largest absolute Gasteiger partial charge is 0.417 e. The monoisotopic (exact) mass is 336 g/mol. The number of nitrogens with two attached hydrogens (primary N) is 1. The van der Waals surface area contributed by atoms with Crippen molar-refractivity contribution in [2.75, 3.05) is 13.1 Å². The number of benzene rings is 1. The maximum Gasteiger partial charge on any atom is 0.417 e. The first-order valence-corrected chi connectivity index (χ1v) is 6.50. The highest BCUT2D eigenvalue weighted by molar-refractivity contribution is 9.10. The van der Waals surface area contributed by atoms with Gasteiger partial charge in [0.1, 0.15) is 0 Å².